The molecule has 1 aromatic heterocycles. The van der Waals surface area contributed by atoms with E-state index in [1.165, 1.54) is 17.0 Å². The van der Waals surface area contributed by atoms with Crippen LogP contribution in [0, 0.1) is 23.0 Å². The van der Waals surface area contributed by atoms with Crippen LogP contribution in [-0.2, 0) is 21.2 Å². The summed E-state index contributed by atoms with van der Waals surface area (Å²) in [6, 6.07) is 13.0. The van der Waals surface area contributed by atoms with Crippen molar-refractivity contribution in [3.8, 4) is 0 Å². The third-order valence-corrected chi connectivity index (χ3v) is 9.53. The van der Waals surface area contributed by atoms with Crippen molar-refractivity contribution in [2.75, 3.05) is 19.6 Å². The molecule has 0 radical (unpaired) electrons. The standard InChI is InChI=1S/C26H28ClN3O5S2/c1-17(2)15-28(37(34,35)19-8-9-22(27)23(14-19)30(32)33)16-25(31)29-12-10-24-21(11-13-36-24)26(29)20-7-5-4-6-18(20)3/h4-9,11,13-14,17,26H,10,12,15-16H2,1-3H3. The fourth-order valence-electron chi connectivity index (χ4n) is 4.65. The van der Waals surface area contributed by atoms with Gasteiger partial charge in [-0.3, -0.25) is 14.9 Å². The van der Waals surface area contributed by atoms with Crippen molar-refractivity contribution in [2.24, 2.45) is 5.92 Å². The minimum absolute atomic E-state index is 0.0804. The number of benzene rings is 2. The van der Waals surface area contributed by atoms with Crippen LogP contribution in [0.2, 0.25) is 5.02 Å². The first-order chi connectivity index (χ1) is 17.5. The number of thiophene rings is 1. The van der Waals surface area contributed by atoms with Crippen LogP contribution < -0.4 is 0 Å². The van der Waals surface area contributed by atoms with Crippen LogP contribution in [-0.4, -0.2) is 48.1 Å². The van der Waals surface area contributed by atoms with Gasteiger partial charge in [-0.05, 0) is 59.5 Å². The molecule has 0 spiro atoms. The summed E-state index contributed by atoms with van der Waals surface area (Å²) in [5.74, 6) is -0.403. The monoisotopic (exact) mass is 561 g/mol. The molecule has 8 nitrogen and oxygen atoms in total. The van der Waals surface area contributed by atoms with E-state index in [-0.39, 0.29) is 40.9 Å². The summed E-state index contributed by atoms with van der Waals surface area (Å²) in [4.78, 5) is 27.2. The number of halogens is 1. The molecule has 2 heterocycles. The second-order valence-electron chi connectivity index (χ2n) is 9.46. The van der Waals surface area contributed by atoms with Crippen molar-refractivity contribution in [1.29, 1.82) is 0 Å². The van der Waals surface area contributed by atoms with Gasteiger partial charge in [-0.15, -0.1) is 11.3 Å². The Bertz CT molecular complexity index is 1440. The Balaban J connectivity index is 1.70. The van der Waals surface area contributed by atoms with E-state index in [0.29, 0.717) is 13.0 Å². The first kappa shape index (κ1) is 27.3. The molecule has 1 aliphatic heterocycles. The lowest BCUT2D eigenvalue weighted by Gasteiger charge is -2.38. The zero-order chi connectivity index (χ0) is 26.9. The largest absolute Gasteiger partial charge is 0.330 e. The Morgan fingerprint density at radius 1 is 1.22 bits per heavy atom. The molecule has 1 atom stereocenters. The zero-order valence-corrected chi connectivity index (χ0v) is 23.1. The number of aryl methyl sites for hydroxylation is 1. The number of nitrogens with zero attached hydrogens (tertiary/aromatic N) is 3. The summed E-state index contributed by atoms with van der Waals surface area (Å²) < 4.78 is 28.4. The maximum absolute atomic E-state index is 13.8. The molecule has 4 rings (SSSR count). The highest BCUT2D eigenvalue weighted by molar-refractivity contribution is 7.89. The highest BCUT2D eigenvalue weighted by Crippen LogP contribution is 2.39. The molecule has 2 aromatic carbocycles. The smallest absolute Gasteiger partial charge is 0.289 e. The fourth-order valence-corrected chi connectivity index (χ4v) is 7.32. The molecular weight excluding hydrogens is 534 g/mol. The van der Waals surface area contributed by atoms with Crippen molar-refractivity contribution in [3.63, 3.8) is 0 Å². The Kier molecular flexibility index (Phi) is 8.03. The lowest BCUT2D eigenvalue weighted by Crippen LogP contribution is -2.47. The predicted molar refractivity (Wildman–Crippen MR) is 144 cm³/mol. The first-order valence-electron chi connectivity index (χ1n) is 11.9. The van der Waals surface area contributed by atoms with Crippen LogP contribution in [0.1, 0.15) is 41.5 Å². The Morgan fingerprint density at radius 3 is 2.62 bits per heavy atom. The third kappa shape index (κ3) is 5.57. The second kappa shape index (κ2) is 10.9. The number of nitro groups is 1. The number of carbonyl (C=O) groups excluding carboxylic acids is 1. The lowest BCUT2D eigenvalue weighted by atomic mass is 9.90. The van der Waals surface area contributed by atoms with Crippen molar-refractivity contribution in [1.82, 2.24) is 9.21 Å². The van der Waals surface area contributed by atoms with Crippen molar-refractivity contribution >= 4 is 44.6 Å². The van der Waals surface area contributed by atoms with Gasteiger partial charge in [-0.25, -0.2) is 8.42 Å². The topological polar surface area (TPSA) is 101 Å². The van der Waals surface area contributed by atoms with Gasteiger partial charge < -0.3 is 4.90 Å². The molecule has 196 valence electrons. The van der Waals surface area contributed by atoms with Crippen molar-refractivity contribution in [3.05, 3.63) is 90.6 Å². The van der Waals surface area contributed by atoms with E-state index in [4.69, 9.17) is 11.6 Å². The Labute approximate surface area is 225 Å². The van der Waals surface area contributed by atoms with E-state index in [9.17, 15) is 23.3 Å². The first-order valence-corrected chi connectivity index (χ1v) is 14.6. The quantitative estimate of drug-likeness (QED) is 0.269. The molecular formula is C26H28ClN3O5S2. The minimum Gasteiger partial charge on any atom is -0.330 e. The predicted octanol–water partition coefficient (Wildman–Crippen LogP) is 5.44. The van der Waals surface area contributed by atoms with Gasteiger partial charge in [0, 0.05) is 24.0 Å². The number of carbonyl (C=O) groups is 1. The van der Waals surface area contributed by atoms with E-state index in [2.05, 4.69) is 0 Å². The Morgan fingerprint density at radius 2 is 1.95 bits per heavy atom. The number of hydrogen-bond donors (Lipinski definition) is 0. The molecule has 0 fully saturated rings. The SMILES string of the molecule is Cc1ccccc1C1c2ccsc2CCN1C(=O)CN(CC(C)C)S(=O)(=O)c1ccc(Cl)c([N+](=O)[O-])c1. The summed E-state index contributed by atoms with van der Waals surface area (Å²) in [5.41, 5.74) is 2.61. The fraction of sp³-hybridized carbons (Fsp3) is 0.346. The van der Waals surface area contributed by atoms with E-state index < -0.39 is 20.6 Å². The van der Waals surface area contributed by atoms with Crippen LogP contribution in [0.4, 0.5) is 5.69 Å². The van der Waals surface area contributed by atoms with E-state index >= 15 is 0 Å². The summed E-state index contributed by atoms with van der Waals surface area (Å²) in [5, 5.41) is 13.2. The van der Waals surface area contributed by atoms with Crippen molar-refractivity contribution < 1.29 is 18.1 Å². The van der Waals surface area contributed by atoms with Gasteiger partial charge in [0.2, 0.25) is 15.9 Å². The number of amides is 1. The molecule has 1 aliphatic rings. The molecule has 1 amide bonds. The average molecular weight is 562 g/mol. The molecule has 3 aromatic rings. The highest BCUT2D eigenvalue weighted by Gasteiger charge is 2.36. The van der Waals surface area contributed by atoms with Gasteiger partial charge in [0.25, 0.3) is 5.69 Å². The minimum atomic E-state index is -4.22. The van der Waals surface area contributed by atoms with Gasteiger partial charge in [0.15, 0.2) is 0 Å². The van der Waals surface area contributed by atoms with E-state index in [0.717, 1.165) is 27.1 Å². The van der Waals surface area contributed by atoms with Crippen LogP contribution in [0.3, 0.4) is 0 Å². The number of nitro benzene ring substituents is 1. The molecule has 1 unspecified atom stereocenters. The van der Waals surface area contributed by atoms with Gasteiger partial charge in [0.05, 0.1) is 22.4 Å². The summed E-state index contributed by atoms with van der Waals surface area (Å²) >= 11 is 7.56. The molecule has 0 bridgehead atoms. The van der Waals surface area contributed by atoms with Crippen LogP contribution in [0.5, 0.6) is 0 Å². The molecule has 37 heavy (non-hydrogen) atoms. The summed E-state index contributed by atoms with van der Waals surface area (Å²) in [6.45, 7) is 5.88. The zero-order valence-electron chi connectivity index (χ0n) is 20.8. The highest BCUT2D eigenvalue weighted by atomic mass is 35.5. The second-order valence-corrected chi connectivity index (χ2v) is 12.8. The van der Waals surface area contributed by atoms with Crippen LogP contribution >= 0.6 is 22.9 Å². The summed E-state index contributed by atoms with van der Waals surface area (Å²) in [6.07, 6.45) is 0.696. The van der Waals surface area contributed by atoms with Crippen LogP contribution in [0.15, 0.2) is 58.8 Å². The van der Waals surface area contributed by atoms with Gasteiger partial charge in [0.1, 0.15) is 5.02 Å². The molecule has 0 saturated carbocycles. The number of sulfonamides is 1. The number of rotatable bonds is 8. The normalized spacial score (nSPS) is 15.7. The van der Waals surface area contributed by atoms with Gasteiger partial charge in [-0.2, -0.15) is 4.31 Å². The van der Waals surface area contributed by atoms with E-state index in [1.807, 2.05) is 56.5 Å². The van der Waals surface area contributed by atoms with Gasteiger partial charge in [-0.1, -0.05) is 49.7 Å². The van der Waals surface area contributed by atoms with Gasteiger partial charge >= 0.3 is 0 Å². The number of hydrogen-bond acceptors (Lipinski definition) is 6. The maximum Gasteiger partial charge on any atom is 0.289 e. The average Bonchev–Trinajstić information content (AvgIpc) is 3.32. The molecule has 0 aliphatic carbocycles. The molecule has 0 N–H and O–H groups in total. The van der Waals surface area contributed by atoms with Crippen LogP contribution in [0.25, 0.3) is 0 Å². The Hall–Kier alpha value is -2.79. The van der Waals surface area contributed by atoms with Crippen molar-refractivity contribution in [2.45, 2.75) is 38.1 Å². The molecule has 11 heteroatoms. The maximum atomic E-state index is 13.8. The summed E-state index contributed by atoms with van der Waals surface area (Å²) in [7, 11) is -4.22. The van der Waals surface area contributed by atoms with E-state index in [1.54, 1.807) is 16.2 Å². The lowest BCUT2D eigenvalue weighted by molar-refractivity contribution is -0.384. The molecule has 0 saturated heterocycles. The third-order valence-electron chi connectivity index (χ3n) is 6.40. The number of fused-ring (bicyclic) bond motifs is 1.